The molecule has 25 heavy (non-hydrogen) atoms. The zero-order valence-corrected chi connectivity index (χ0v) is 16.2. The molecule has 0 atom stereocenters. The van der Waals surface area contributed by atoms with Gasteiger partial charge in [-0.2, -0.15) is 0 Å². The Balaban J connectivity index is 0.00000312. The van der Waals surface area contributed by atoms with Crippen LogP contribution in [0.2, 0.25) is 0 Å². The number of guanidine groups is 1. The Morgan fingerprint density at radius 1 is 1.08 bits per heavy atom. The molecule has 2 aromatic carbocycles. The van der Waals surface area contributed by atoms with E-state index in [0.29, 0.717) is 18.0 Å². The molecule has 0 aliphatic rings. The average Bonchev–Trinajstić information content (AvgIpc) is 2.60. The van der Waals surface area contributed by atoms with Crippen molar-refractivity contribution in [1.82, 2.24) is 5.32 Å². The predicted molar refractivity (Wildman–Crippen MR) is 103 cm³/mol. The highest BCUT2D eigenvalue weighted by Gasteiger charge is 2.06. The molecule has 0 heterocycles. The number of halogens is 3. The van der Waals surface area contributed by atoms with Gasteiger partial charge in [-0.3, -0.25) is 0 Å². The molecule has 0 aliphatic heterocycles. The summed E-state index contributed by atoms with van der Waals surface area (Å²) in [7, 11) is 3.11. The van der Waals surface area contributed by atoms with E-state index in [1.165, 1.54) is 0 Å². The van der Waals surface area contributed by atoms with Gasteiger partial charge in [0.05, 0.1) is 20.8 Å². The first-order valence-electron chi connectivity index (χ1n) is 7.22. The Morgan fingerprint density at radius 2 is 1.80 bits per heavy atom. The molecular weight excluding hydrogens is 443 g/mol. The van der Waals surface area contributed by atoms with Crippen LogP contribution < -0.4 is 20.5 Å². The molecule has 0 fully saturated rings. The molecule has 0 aliphatic carbocycles. The first-order valence-corrected chi connectivity index (χ1v) is 7.22. The van der Waals surface area contributed by atoms with Crippen molar-refractivity contribution in [3.8, 4) is 11.5 Å². The van der Waals surface area contributed by atoms with Crippen LogP contribution in [0.5, 0.6) is 11.5 Å². The summed E-state index contributed by atoms with van der Waals surface area (Å²) in [6.07, 6.45) is 0. The molecule has 136 valence electrons. The second-order valence-corrected chi connectivity index (χ2v) is 4.98. The Hall–Kier alpha value is -2.10. The molecular formula is C17H20F2IN3O2. The zero-order chi connectivity index (χ0) is 17.5. The van der Waals surface area contributed by atoms with Gasteiger partial charge in [0.15, 0.2) is 17.5 Å². The van der Waals surface area contributed by atoms with Gasteiger partial charge in [0.25, 0.3) is 0 Å². The van der Waals surface area contributed by atoms with Crippen molar-refractivity contribution < 1.29 is 18.3 Å². The Morgan fingerprint density at radius 3 is 2.48 bits per heavy atom. The minimum Gasteiger partial charge on any atom is -0.493 e. The molecule has 0 aromatic heterocycles. The summed E-state index contributed by atoms with van der Waals surface area (Å²) in [5.41, 5.74) is 6.80. The van der Waals surface area contributed by atoms with Crippen molar-refractivity contribution in [2.75, 3.05) is 14.2 Å². The first-order chi connectivity index (χ1) is 11.5. The highest BCUT2D eigenvalue weighted by atomic mass is 127. The maximum Gasteiger partial charge on any atom is 0.189 e. The van der Waals surface area contributed by atoms with Crippen LogP contribution in [0.15, 0.2) is 41.4 Å². The summed E-state index contributed by atoms with van der Waals surface area (Å²) < 4.78 is 37.0. The molecule has 0 amide bonds. The third-order valence-corrected chi connectivity index (χ3v) is 3.35. The standard InChI is InChI=1S/C17H19F2N3O2.HI/c1-23-15-6-3-11(7-16(15)24-2)9-21-17(20)22-10-12-8-13(18)4-5-14(12)19;/h3-8H,9-10H2,1-2H3,(H3,20,21,22);1H. The van der Waals surface area contributed by atoms with E-state index in [1.54, 1.807) is 26.4 Å². The minimum atomic E-state index is -0.506. The smallest absolute Gasteiger partial charge is 0.189 e. The van der Waals surface area contributed by atoms with Crippen molar-refractivity contribution in [3.63, 3.8) is 0 Å². The van der Waals surface area contributed by atoms with E-state index in [1.807, 2.05) is 6.07 Å². The summed E-state index contributed by atoms with van der Waals surface area (Å²) in [6, 6.07) is 8.66. The van der Waals surface area contributed by atoms with Gasteiger partial charge in [-0.25, -0.2) is 13.8 Å². The normalized spacial score (nSPS) is 10.8. The maximum atomic E-state index is 13.5. The summed E-state index contributed by atoms with van der Waals surface area (Å²) in [6.45, 7) is 0.357. The van der Waals surface area contributed by atoms with Crippen LogP contribution >= 0.6 is 24.0 Å². The van der Waals surface area contributed by atoms with Gasteiger partial charge in [0.1, 0.15) is 11.6 Å². The van der Waals surface area contributed by atoms with Crippen LogP contribution in [0, 0.1) is 11.6 Å². The van der Waals surface area contributed by atoms with Gasteiger partial charge >= 0.3 is 0 Å². The number of ether oxygens (including phenoxy) is 2. The summed E-state index contributed by atoms with van der Waals surface area (Å²) >= 11 is 0. The van der Waals surface area contributed by atoms with E-state index in [2.05, 4.69) is 10.3 Å². The van der Waals surface area contributed by atoms with E-state index in [9.17, 15) is 8.78 Å². The maximum absolute atomic E-state index is 13.5. The number of hydrogen-bond donors (Lipinski definition) is 2. The lowest BCUT2D eigenvalue weighted by molar-refractivity contribution is 0.354. The summed E-state index contributed by atoms with van der Waals surface area (Å²) in [4.78, 5) is 4.16. The third kappa shape index (κ3) is 6.04. The second kappa shape index (κ2) is 10.0. The van der Waals surface area contributed by atoms with Gasteiger partial charge in [-0.05, 0) is 35.9 Å². The lowest BCUT2D eigenvalue weighted by Crippen LogP contribution is -2.31. The van der Waals surface area contributed by atoms with Crippen LogP contribution in [-0.2, 0) is 13.1 Å². The average molecular weight is 463 g/mol. The Bertz CT molecular complexity index is 742. The molecule has 0 radical (unpaired) electrons. The SMILES string of the molecule is COc1ccc(CN=C(N)NCc2cc(F)ccc2F)cc1OC.I. The molecule has 5 nitrogen and oxygen atoms in total. The number of hydrogen-bond acceptors (Lipinski definition) is 3. The van der Waals surface area contributed by atoms with Gasteiger partial charge in [-0.1, -0.05) is 6.07 Å². The number of nitrogens with one attached hydrogen (secondary N) is 1. The molecule has 3 N–H and O–H groups in total. The molecule has 0 bridgehead atoms. The Kier molecular flexibility index (Phi) is 8.39. The highest BCUT2D eigenvalue weighted by Crippen LogP contribution is 2.27. The van der Waals surface area contributed by atoms with Gasteiger partial charge in [-0.15, -0.1) is 24.0 Å². The number of nitrogens with two attached hydrogens (primary N) is 1. The lowest BCUT2D eigenvalue weighted by Gasteiger charge is -2.09. The van der Waals surface area contributed by atoms with Crippen LogP contribution in [-0.4, -0.2) is 20.2 Å². The molecule has 0 spiro atoms. The fraction of sp³-hybridized carbons (Fsp3) is 0.235. The molecule has 2 rings (SSSR count). The van der Waals surface area contributed by atoms with Crippen LogP contribution in [0.4, 0.5) is 8.78 Å². The number of aliphatic imine (C=N–C) groups is 1. The number of rotatable bonds is 6. The molecule has 0 saturated carbocycles. The van der Waals surface area contributed by atoms with Crippen molar-refractivity contribution >= 4 is 29.9 Å². The summed E-state index contributed by atoms with van der Waals surface area (Å²) in [5.74, 6) is 0.343. The molecule has 2 aromatic rings. The summed E-state index contributed by atoms with van der Waals surface area (Å²) in [5, 5.41) is 2.75. The Labute approximate surface area is 162 Å². The second-order valence-electron chi connectivity index (χ2n) is 4.98. The predicted octanol–water partition coefficient (Wildman–Crippen LogP) is 3.20. The minimum absolute atomic E-state index is 0. The highest BCUT2D eigenvalue weighted by molar-refractivity contribution is 14.0. The van der Waals surface area contributed by atoms with Crippen molar-refractivity contribution in [3.05, 3.63) is 59.2 Å². The van der Waals surface area contributed by atoms with Crippen LogP contribution in [0.3, 0.4) is 0 Å². The first kappa shape index (κ1) is 20.9. The van der Waals surface area contributed by atoms with E-state index in [-0.39, 0.29) is 42.0 Å². The van der Waals surface area contributed by atoms with Gasteiger partial charge in [0.2, 0.25) is 0 Å². The van der Waals surface area contributed by atoms with Crippen LogP contribution in [0.25, 0.3) is 0 Å². The molecule has 0 saturated heterocycles. The fourth-order valence-corrected chi connectivity index (χ4v) is 2.08. The number of nitrogens with zero attached hydrogens (tertiary/aromatic N) is 1. The number of methoxy groups -OCH3 is 2. The van der Waals surface area contributed by atoms with E-state index >= 15 is 0 Å². The van der Waals surface area contributed by atoms with Crippen molar-refractivity contribution in [2.24, 2.45) is 10.7 Å². The van der Waals surface area contributed by atoms with Crippen LogP contribution in [0.1, 0.15) is 11.1 Å². The molecule has 8 heteroatoms. The van der Waals surface area contributed by atoms with E-state index in [0.717, 1.165) is 23.8 Å². The largest absolute Gasteiger partial charge is 0.493 e. The van der Waals surface area contributed by atoms with Gasteiger partial charge < -0.3 is 20.5 Å². The van der Waals surface area contributed by atoms with Gasteiger partial charge in [0, 0.05) is 12.1 Å². The third-order valence-electron chi connectivity index (χ3n) is 3.35. The van der Waals surface area contributed by atoms with E-state index in [4.69, 9.17) is 15.2 Å². The van der Waals surface area contributed by atoms with E-state index < -0.39 is 11.6 Å². The lowest BCUT2D eigenvalue weighted by atomic mass is 10.2. The fourth-order valence-electron chi connectivity index (χ4n) is 2.08. The van der Waals surface area contributed by atoms with Crippen molar-refractivity contribution in [2.45, 2.75) is 13.1 Å². The molecule has 0 unspecified atom stereocenters. The quantitative estimate of drug-likeness (QED) is 0.393. The zero-order valence-electron chi connectivity index (χ0n) is 13.9. The number of benzene rings is 2. The van der Waals surface area contributed by atoms with Crippen molar-refractivity contribution in [1.29, 1.82) is 0 Å². The monoisotopic (exact) mass is 463 g/mol. The topological polar surface area (TPSA) is 68.9 Å².